The number of halogens is 2. The average Bonchev–Trinajstić information content (AvgIpc) is 2.47. The number of benzene rings is 2. The standard InChI is InChI=1S/C10H12.C10H11.2ClH.Re/c2*1-10(2,3)9-7-5-4-6-8-9;;;/h1,4-8H,2-3H3;4-8H,1-2H3;2*1H;/q;;;;+2/p-2. The Morgan fingerprint density at radius 2 is 1.22 bits per heavy atom. The van der Waals surface area contributed by atoms with E-state index < -0.39 is 12.4 Å². The van der Waals surface area contributed by atoms with Crippen LogP contribution < -0.4 is 0 Å². The Morgan fingerprint density at radius 3 is 1.70 bits per heavy atom. The minimum absolute atomic E-state index is 0.170. The van der Waals surface area contributed by atoms with E-state index >= 15 is 0 Å². The fourth-order valence-corrected chi connectivity index (χ4v) is 14.6. The first-order chi connectivity index (χ1) is 10.6. The van der Waals surface area contributed by atoms with Gasteiger partial charge in [-0.05, 0) is 0 Å². The van der Waals surface area contributed by atoms with E-state index in [2.05, 4.69) is 60.7 Å². The third-order valence-electron chi connectivity index (χ3n) is 3.79. The third-order valence-corrected chi connectivity index (χ3v) is 11.9. The molecular weight excluding hydrogens is 497 g/mol. The molecule has 0 aromatic heterocycles. The Morgan fingerprint density at radius 1 is 0.783 bits per heavy atom. The molecule has 0 aliphatic carbocycles. The predicted molar refractivity (Wildman–Crippen MR) is 101 cm³/mol. The molecule has 124 valence electrons. The topological polar surface area (TPSA) is 0 Å². The van der Waals surface area contributed by atoms with E-state index in [-0.39, 0.29) is 10.8 Å². The van der Waals surface area contributed by atoms with Crippen molar-refractivity contribution in [3.63, 3.8) is 0 Å². The van der Waals surface area contributed by atoms with Crippen molar-refractivity contribution in [1.82, 2.24) is 0 Å². The summed E-state index contributed by atoms with van der Waals surface area (Å²) in [5, 5.41) is 0. The van der Waals surface area contributed by atoms with Crippen LogP contribution in [-0.4, -0.2) is 4.49 Å². The maximum absolute atomic E-state index is 6.81. The second-order valence-electron chi connectivity index (χ2n) is 6.75. The maximum atomic E-state index is 6.81. The van der Waals surface area contributed by atoms with Crippen molar-refractivity contribution in [3.05, 3.63) is 71.8 Å². The Bertz CT molecular complexity index is 842. The number of hydrogen-bond donors (Lipinski definition) is 0. The number of rotatable bonds is 3. The summed E-state index contributed by atoms with van der Waals surface area (Å²) in [5.74, 6) is 0. The summed E-state index contributed by atoms with van der Waals surface area (Å²) >= 11 is -3.50. The Hall–Kier alpha value is -0.668. The molecule has 2 aromatic rings. The number of hydrogen-bond acceptors (Lipinski definition) is 0. The van der Waals surface area contributed by atoms with Gasteiger partial charge >= 0.3 is 151 Å². The van der Waals surface area contributed by atoms with Crippen LogP contribution in [0.2, 0.25) is 0 Å². The Kier molecular flexibility index (Phi) is 5.73. The molecule has 2 aromatic carbocycles. The fourth-order valence-electron chi connectivity index (χ4n) is 2.52. The van der Waals surface area contributed by atoms with Crippen molar-refractivity contribution in [3.8, 4) is 4.29 Å². The summed E-state index contributed by atoms with van der Waals surface area (Å²) in [7, 11) is 13.6. The van der Waals surface area contributed by atoms with E-state index in [9.17, 15) is 0 Å². The average molecular weight is 521 g/mol. The molecule has 3 heteroatoms. The van der Waals surface area contributed by atoms with Crippen molar-refractivity contribution in [1.29, 1.82) is 0 Å². The fraction of sp³-hybridized carbons (Fsp3) is 0.300. The van der Waals surface area contributed by atoms with E-state index in [1.807, 2.05) is 36.4 Å². The molecule has 0 amide bonds. The molecule has 0 saturated heterocycles. The van der Waals surface area contributed by atoms with Crippen molar-refractivity contribution in [2.24, 2.45) is 0 Å². The summed E-state index contributed by atoms with van der Waals surface area (Å²) in [6.07, 6.45) is 0. The molecule has 0 spiro atoms. The van der Waals surface area contributed by atoms with E-state index in [1.54, 1.807) is 0 Å². The van der Waals surface area contributed by atoms with Gasteiger partial charge in [-0.3, -0.25) is 0 Å². The molecule has 0 heterocycles. The Balaban J connectivity index is 2.54. The molecule has 0 saturated carbocycles. The van der Waals surface area contributed by atoms with Gasteiger partial charge in [0.2, 0.25) is 0 Å². The first kappa shape index (κ1) is 18.7. The van der Waals surface area contributed by atoms with Gasteiger partial charge in [-0.2, -0.15) is 0 Å². The SMILES string of the molecule is CC(C)([C]#[Re]([Cl])([Cl])=[CH]C(C)(C)c1ccccc1)c1ccccc1. The van der Waals surface area contributed by atoms with Crippen LogP contribution in [0.1, 0.15) is 38.8 Å². The molecule has 23 heavy (non-hydrogen) atoms. The van der Waals surface area contributed by atoms with Gasteiger partial charge in [0.15, 0.2) is 0 Å². The van der Waals surface area contributed by atoms with Crippen LogP contribution in [0.4, 0.5) is 0 Å². The zero-order valence-corrected chi connectivity index (χ0v) is 18.2. The molecule has 0 aliphatic heterocycles. The van der Waals surface area contributed by atoms with Gasteiger partial charge in [0.05, 0.1) is 0 Å². The van der Waals surface area contributed by atoms with Crippen LogP contribution in [0.5, 0.6) is 0 Å². The Labute approximate surface area is 150 Å². The van der Waals surface area contributed by atoms with Crippen molar-refractivity contribution >= 4 is 23.5 Å². The van der Waals surface area contributed by atoms with Crippen molar-refractivity contribution in [2.75, 3.05) is 0 Å². The van der Waals surface area contributed by atoms with Gasteiger partial charge in [-0.25, -0.2) is 0 Å². The minimum atomic E-state index is -3.50. The zero-order valence-electron chi connectivity index (χ0n) is 14.0. The predicted octanol–water partition coefficient (Wildman–Crippen LogP) is 6.16. The molecule has 0 unspecified atom stereocenters. The van der Waals surface area contributed by atoms with Crippen LogP contribution in [0, 0.1) is 4.29 Å². The summed E-state index contributed by atoms with van der Waals surface area (Å²) in [4.78, 5) is 0. The molecule has 2 rings (SSSR count). The summed E-state index contributed by atoms with van der Waals surface area (Å²) < 4.78 is 5.70. The molecule has 0 radical (unpaired) electrons. The van der Waals surface area contributed by atoms with Crippen LogP contribution in [0.25, 0.3) is 0 Å². The van der Waals surface area contributed by atoms with Crippen molar-refractivity contribution in [2.45, 2.75) is 38.5 Å². The molecular formula is C20H23Cl2Re. The van der Waals surface area contributed by atoms with E-state index in [0.717, 1.165) is 0 Å². The second-order valence-corrected chi connectivity index (χ2v) is 20.2. The monoisotopic (exact) mass is 520 g/mol. The van der Waals surface area contributed by atoms with Gasteiger partial charge in [0.1, 0.15) is 0 Å². The summed E-state index contributed by atoms with van der Waals surface area (Å²) in [6, 6.07) is 20.6. The van der Waals surface area contributed by atoms with Crippen LogP contribution in [0.3, 0.4) is 0 Å². The molecule has 0 fully saturated rings. The summed E-state index contributed by atoms with van der Waals surface area (Å²) in [6.45, 7) is 8.57. The molecule has 0 N–H and O–H groups in total. The van der Waals surface area contributed by atoms with Gasteiger partial charge < -0.3 is 0 Å². The first-order valence-corrected chi connectivity index (χ1v) is 17.2. The molecule has 0 aliphatic rings. The van der Waals surface area contributed by atoms with E-state index in [1.165, 1.54) is 11.1 Å². The van der Waals surface area contributed by atoms with Crippen LogP contribution in [-0.2, 0) is 23.2 Å². The van der Waals surface area contributed by atoms with Gasteiger partial charge in [-0.15, -0.1) is 0 Å². The van der Waals surface area contributed by atoms with E-state index in [4.69, 9.17) is 19.1 Å². The third kappa shape index (κ3) is 5.15. The van der Waals surface area contributed by atoms with Crippen molar-refractivity contribution < 1.29 is 12.4 Å². The molecule has 0 nitrogen and oxygen atoms in total. The quantitative estimate of drug-likeness (QED) is 0.455. The molecule has 0 atom stereocenters. The van der Waals surface area contributed by atoms with Gasteiger partial charge in [0, 0.05) is 0 Å². The summed E-state index contributed by atoms with van der Waals surface area (Å²) in [5.41, 5.74) is 1.97. The molecule has 0 bridgehead atoms. The van der Waals surface area contributed by atoms with Gasteiger partial charge in [0.25, 0.3) is 0 Å². The zero-order chi connectivity index (χ0) is 17.1. The van der Waals surface area contributed by atoms with Gasteiger partial charge in [-0.1, -0.05) is 0 Å². The van der Waals surface area contributed by atoms with E-state index in [0.29, 0.717) is 0 Å². The normalized spacial score (nSPS) is 12.6. The second kappa shape index (κ2) is 7.06. The van der Waals surface area contributed by atoms with Crippen LogP contribution >= 0.6 is 19.1 Å². The van der Waals surface area contributed by atoms with Crippen LogP contribution in [0.15, 0.2) is 60.7 Å². The first-order valence-electron chi connectivity index (χ1n) is 7.55.